The van der Waals surface area contributed by atoms with Crippen LogP contribution in [0, 0.1) is 10.1 Å². The molecule has 5 heteroatoms. The summed E-state index contributed by atoms with van der Waals surface area (Å²) in [7, 11) is 0. The summed E-state index contributed by atoms with van der Waals surface area (Å²) >= 11 is 0. The van der Waals surface area contributed by atoms with Crippen LogP contribution in [0.2, 0.25) is 0 Å². The quantitative estimate of drug-likeness (QED) is 0.505. The molecule has 5 nitrogen and oxygen atoms in total. The molecule has 0 atom stereocenters. The molecule has 0 bridgehead atoms. The summed E-state index contributed by atoms with van der Waals surface area (Å²) < 4.78 is 5.06. The predicted octanol–water partition coefficient (Wildman–Crippen LogP) is 1.39. The van der Waals surface area contributed by atoms with E-state index in [9.17, 15) is 10.1 Å². The molecule has 0 amide bonds. The van der Waals surface area contributed by atoms with Gasteiger partial charge in [0, 0.05) is 6.07 Å². The number of ether oxygens (including phenoxy) is 1. The van der Waals surface area contributed by atoms with Crippen LogP contribution in [0.5, 0.6) is 5.75 Å². The molecule has 0 aliphatic rings. The van der Waals surface area contributed by atoms with Gasteiger partial charge in [-0.1, -0.05) is 0 Å². The second kappa shape index (κ2) is 3.66. The number of pyridine rings is 1. The van der Waals surface area contributed by atoms with Gasteiger partial charge in [0.1, 0.15) is 0 Å². The number of rotatable bonds is 3. The van der Waals surface area contributed by atoms with Crippen molar-refractivity contribution < 1.29 is 9.66 Å². The van der Waals surface area contributed by atoms with Crippen LogP contribution in [-0.4, -0.2) is 16.5 Å². The van der Waals surface area contributed by atoms with Gasteiger partial charge in [-0.15, -0.1) is 0 Å². The maximum Gasteiger partial charge on any atom is 0.363 e. The summed E-state index contributed by atoms with van der Waals surface area (Å²) in [6, 6.07) is 2.83. The second-order valence-electron chi connectivity index (χ2n) is 2.04. The number of hydrogen-bond acceptors (Lipinski definition) is 4. The lowest BCUT2D eigenvalue weighted by atomic mass is 10.4. The van der Waals surface area contributed by atoms with Gasteiger partial charge in [0.15, 0.2) is 11.9 Å². The Morgan fingerprint density at radius 3 is 2.83 bits per heavy atom. The molecule has 1 aromatic rings. The van der Waals surface area contributed by atoms with Crippen LogP contribution in [0.4, 0.5) is 5.82 Å². The van der Waals surface area contributed by atoms with Crippen LogP contribution in [0.3, 0.4) is 0 Å². The normalized spacial score (nSPS) is 9.42. The molecule has 0 fully saturated rings. The molecule has 1 rings (SSSR count). The zero-order valence-electron chi connectivity index (χ0n) is 6.56. The zero-order valence-corrected chi connectivity index (χ0v) is 6.56. The van der Waals surface area contributed by atoms with Gasteiger partial charge in [-0.2, -0.15) is 0 Å². The molecular weight excluding hydrogens is 160 g/mol. The van der Waals surface area contributed by atoms with Crippen molar-refractivity contribution >= 4 is 5.82 Å². The van der Waals surface area contributed by atoms with Gasteiger partial charge in [0.25, 0.3) is 0 Å². The van der Waals surface area contributed by atoms with Gasteiger partial charge in [0.05, 0.1) is 6.61 Å². The van der Waals surface area contributed by atoms with Crippen molar-refractivity contribution in [3.8, 4) is 5.75 Å². The van der Waals surface area contributed by atoms with Crippen LogP contribution >= 0.6 is 0 Å². The lowest BCUT2D eigenvalue weighted by Gasteiger charge is -1.98. The lowest BCUT2D eigenvalue weighted by Crippen LogP contribution is -1.94. The highest BCUT2D eigenvalue weighted by Crippen LogP contribution is 2.12. The van der Waals surface area contributed by atoms with E-state index in [0.29, 0.717) is 12.4 Å². The zero-order chi connectivity index (χ0) is 8.97. The molecular formula is C7H8N2O3. The van der Waals surface area contributed by atoms with Crippen molar-refractivity contribution in [2.45, 2.75) is 6.92 Å². The largest absolute Gasteiger partial charge is 0.490 e. The van der Waals surface area contributed by atoms with E-state index in [1.165, 1.54) is 18.3 Å². The van der Waals surface area contributed by atoms with Crippen LogP contribution in [-0.2, 0) is 0 Å². The van der Waals surface area contributed by atoms with Gasteiger partial charge in [0.2, 0.25) is 0 Å². The topological polar surface area (TPSA) is 65.3 Å². The Bertz CT molecular complexity index is 270. The molecule has 12 heavy (non-hydrogen) atoms. The van der Waals surface area contributed by atoms with Crippen molar-refractivity contribution in [2.24, 2.45) is 0 Å². The molecule has 1 heterocycles. The highest BCUT2D eigenvalue weighted by Gasteiger charge is 2.05. The standard InChI is InChI=1S/C7H8N2O3/c1-2-12-6-3-4-7(8-5-6)9(10)11/h3-5H,2H2,1H3. The maximum atomic E-state index is 10.2. The summed E-state index contributed by atoms with van der Waals surface area (Å²) in [5.41, 5.74) is 0. The number of hydrogen-bond donors (Lipinski definition) is 0. The SMILES string of the molecule is CCOc1ccc([N+](=O)[O-])nc1. The van der Waals surface area contributed by atoms with Crippen LogP contribution in [0.25, 0.3) is 0 Å². The van der Waals surface area contributed by atoms with Crippen molar-refractivity contribution in [3.63, 3.8) is 0 Å². The molecule has 0 radical (unpaired) electrons. The minimum Gasteiger partial charge on any atom is -0.490 e. The van der Waals surface area contributed by atoms with E-state index in [-0.39, 0.29) is 5.82 Å². The minimum atomic E-state index is -0.546. The van der Waals surface area contributed by atoms with Gasteiger partial charge >= 0.3 is 5.82 Å². The first kappa shape index (κ1) is 8.45. The maximum absolute atomic E-state index is 10.2. The van der Waals surface area contributed by atoms with E-state index in [1.54, 1.807) is 0 Å². The fraction of sp³-hybridized carbons (Fsp3) is 0.286. The van der Waals surface area contributed by atoms with Crippen molar-refractivity contribution in [2.75, 3.05) is 6.61 Å². The highest BCUT2D eigenvalue weighted by atomic mass is 16.6. The Labute approximate surface area is 69.1 Å². The van der Waals surface area contributed by atoms with Gasteiger partial charge in [-0.25, -0.2) is 0 Å². The van der Waals surface area contributed by atoms with E-state index in [1.807, 2.05) is 6.92 Å². The highest BCUT2D eigenvalue weighted by molar-refractivity contribution is 5.26. The van der Waals surface area contributed by atoms with Crippen molar-refractivity contribution in [3.05, 3.63) is 28.4 Å². The Balaban J connectivity index is 2.78. The summed E-state index contributed by atoms with van der Waals surface area (Å²) in [6.45, 7) is 2.36. The molecule has 0 saturated carbocycles. The first-order chi connectivity index (χ1) is 5.74. The van der Waals surface area contributed by atoms with E-state index in [4.69, 9.17) is 4.74 Å². The fourth-order valence-corrected chi connectivity index (χ4v) is 0.733. The Morgan fingerprint density at radius 1 is 1.67 bits per heavy atom. The van der Waals surface area contributed by atoms with E-state index in [2.05, 4.69) is 4.98 Å². The summed E-state index contributed by atoms with van der Waals surface area (Å²) in [6.07, 6.45) is 1.33. The van der Waals surface area contributed by atoms with Gasteiger partial charge < -0.3 is 14.9 Å². The van der Waals surface area contributed by atoms with Crippen LogP contribution in [0.15, 0.2) is 18.3 Å². The number of aromatic nitrogens is 1. The monoisotopic (exact) mass is 168 g/mol. The minimum absolute atomic E-state index is 0.168. The first-order valence-corrected chi connectivity index (χ1v) is 3.47. The molecule has 0 aliphatic carbocycles. The molecule has 0 unspecified atom stereocenters. The molecule has 0 aromatic carbocycles. The summed E-state index contributed by atoms with van der Waals surface area (Å²) in [5.74, 6) is 0.376. The third-order valence-corrected chi connectivity index (χ3v) is 1.22. The smallest absolute Gasteiger partial charge is 0.363 e. The van der Waals surface area contributed by atoms with Crippen molar-refractivity contribution in [1.82, 2.24) is 4.98 Å². The average Bonchev–Trinajstić information content (AvgIpc) is 2.06. The Morgan fingerprint density at radius 2 is 2.42 bits per heavy atom. The van der Waals surface area contributed by atoms with Crippen LogP contribution in [0.1, 0.15) is 6.92 Å². The Hall–Kier alpha value is -1.65. The number of nitro groups is 1. The lowest BCUT2D eigenvalue weighted by molar-refractivity contribution is -0.389. The van der Waals surface area contributed by atoms with E-state index < -0.39 is 4.92 Å². The van der Waals surface area contributed by atoms with E-state index in [0.717, 1.165) is 0 Å². The van der Waals surface area contributed by atoms with Crippen molar-refractivity contribution in [1.29, 1.82) is 0 Å². The predicted molar refractivity (Wildman–Crippen MR) is 42.1 cm³/mol. The molecule has 0 saturated heterocycles. The molecule has 0 N–H and O–H groups in total. The summed E-state index contributed by atoms with van der Waals surface area (Å²) in [5, 5.41) is 10.2. The Kier molecular flexibility index (Phi) is 2.57. The molecule has 0 spiro atoms. The molecule has 64 valence electrons. The third kappa shape index (κ3) is 1.91. The number of nitrogens with zero attached hydrogens (tertiary/aromatic N) is 2. The third-order valence-electron chi connectivity index (χ3n) is 1.22. The van der Waals surface area contributed by atoms with Gasteiger partial charge in [-0.3, -0.25) is 0 Å². The van der Waals surface area contributed by atoms with E-state index >= 15 is 0 Å². The van der Waals surface area contributed by atoms with Crippen LogP contribution < -0.4 is 4.74 Å². The fourth-order valence-electron chi connectivity index (χ4n) is 0.733. The summed E-state index contributed by atoms with van der Waals surface area (Å²) in [4.78, 5) is 13.2. The average molecular weight is 168 g/mol. The molecule has 0 aliphatic heterocycles. The first-order valence-electron chi connectivity index (χ1n) is 3.47. The second-order valence-corrected chi connectivity index (χ2v) is 2.04. The molecule has 1 aromatic heterocycles. The van der Waals surface area contributed by atoms with Gasteiger partial charge in [-0.05, 0) is 22.9 Å².